The molecule has 2 aromatic rings. The molecule has 2 rings (SSSR count). The lowest BCUT2D eigenvalue weighted by Gasteiger charge is -2.09. The topological polar surface area (TPSA) is 12.0 Å². The predicted octanol–water partition coefficient (Wildman–Crippen LogP) is 4.51. The largest absolute Gasteiger partial charge is 0.310 e. The first-order valence-electron chi connectivity index (χ1n) is 6.23. The van der Waals surface area contributed by atoms with Crippen LogP contribution in [-0.4, -0.2) is 6.04 Å². The van der Waals surface area contributed by atoms with Gasteiger partial charge in [0.2, 0.25) is 0 Å². The van der Waals surface area contributed by atoms with E-state index >= 15 is 0 Å². The van der Waals surface area contributed by atoms with Crippen LogP contribution < -0.4 is 5.32 Å². The van der Waals surface area contributed by atoms with Crippen LogP contribution >= 0.6 is 11.6 Å². The van der Waals surface area contributed by atoms with E-state index in [4.69, 9.17) is 11.6 Å². The van der Waals surface area contributed by atoms with Crippen molar-refractivity contribution in [2.75, 3.05) is 0 Å². The Morgan fingerprint density at radius 1 is 1.00 bits per heavy atom. The normalized spacial score (nSPS) is 10.9. The van der Waals surface area contributed by atoms with E-state index in [0.29, 0.717) is 6.04 Å². The van der Waals surface area contributed by atoms with E-state index in [0.717, 1.165) is 17.1 Å². The summed E-state index contributed by atoms with van der Waals surface area (Å²) < 4.78 is 0. The van der Waals surface area contributed by atoms with Gasteiger partial charge in [-0.25, -0.2) is 0 Å². The molecule has 1 N–H and O–H groups in total. The van der Waals surface area contributed by atoms with Crippen LogP contribution in [0.1, 0.15) is 19.4 Å². The fraction of sp³-hybridized carbons (Fsp3) is 0.250. The first-order chi connectivity index (χ1) is 8.65. The van der Waals surface area contributed by atoms with Gasteiger partial charge in [-0.2, -0.15) is 0 Å². The van der Waals surface area contributed by atoms with Crippen molar-refractivity contribution in [3.8, 4) is 11.1 Å². The fourth-order valence-electron chi connectivity index (χ4n) is 1.81. The van der Waals surface area contributed by atoms with Crippen molar-refractivity contribution in [3.05, 3.63) is 59.1 Å². The van der Waals surface area contributed by atoms with E-state index in [9.17, 15) is 0 Å². The average molecular weight is 260 g/mol. The summed E-state index contributed by atoms with van der Waals surface area (Å²) in [6.07, 6.45) is 0. The van der Waals surface area contributed by atoms with E-state index in [-0.39, 0.29) is 0 Å². The Kier molecular flexibility index (Phi) is 4.40. The summed E-state index contributed by atoms with van der Waals surface area (Å²) >= 11 is 6.00. The zero-order valence-corrected chi connectivity index (χ0v) is 11.5. The van der Waals surface area contributed by atoms with Crippen LogP contribution in [-0.2, 0) is 6.54 Å². The van der Waals surface area contributed by atoms with Gasteiger partial charge in [0.25, 0.3) is 0 Å². The number of hydrogen-bond donors (Lipinski definition) is 1. The number of benzene rings is 2. The van der Waals surface area contributed by atoms with Gasteiger partial charge in [-0.15, -0.1) is 0 Å². The molecular weight excluding hydrogens is 242 g/mol. The van der Waals surface area contributed by atoms with Crippen LogP contribution in [0.4, 0.5) is 0 Å². The molecule has 18 heavy (non-hydrogen) atoms. The molecule has 2 heteroatoms. The molecule has 94 valence electrons. The molecule has 0 aromatic heterocycles. The second-order valence-corrected chi connectivity index (χ2v) is 5.18. The Morgan fingerprint density at radius 3 is 2.33 bits per heavy atom. The minimum absolute atomic E-state index is 0.512. The van der Waals surface area contributed by atoms with Gasteiger partial charge in [-0.05, 0) is 28.8 Å². The average Bonchev–Trinajstić information content (AvgIpc) is 2.37. The van der Waals surface area contributed by atoms with Gasteiger partial charge < -0.3 is 5.32 Å². The van der Waals surface area contributed by atoms with E-state index in [1.807, 2.05) is 18.2 Å². The molecule has 0 aliphatic rings. The highest BCUT2D eigenvalue weighted by atomic mass is 35.5. The summed E-state index contributed by atoms with van der Waals surface area (Å²) in [5.74, 6) is 0. The molecule has 0 amide bonds. The number of hydrogen-bond acceptors (Lipinski definition) is 1. The maximum atomic E-state index is 6.00. The van der Waals surface area contributed by atoms with Crippen LogP contribution in [0.2, 0.25) is 5.02 Å². The molecule has 0 unspecified atom stereocenters. The molecule has 0 spiro atoms. The molecule has 0 heterocycles. The lowest BCUT2D eigenvalue weighted by atomic mass is 10.0. The molecule has 0 fully saturated rings. The summed E-state index contributed by atoms with van der Waals surface area (Å²) in [5, 5.41) is 4.18. The van der Waals surface area contributed by atoms with Crippen molar-refractivity contribution >= 4 is 11.6 Å². The van der Waals surface area contributed by atoms with Crippen molar-refractivity contribution in [1.29, 1.82) is 0 Å². The molecule has 0 saturated heterocycles. The minimum Gasteiger partial charge on any atom is -0.310 e. The summed E-state index contributed by atoms with van der Waals surface area (Å²) in [5.41, 5.74) is 3.66. The molecular formula is C16H18ClN. The first kappa shape index (κ1) is 13.1. The van der Waals surface area contributed by atoms with Gasteiger partial charge in [0.1, 0.15) is 0 Å². The molecule has 0 radical (unpaired) electrons. The standard InChI is InChI=1S/C16H18ClN/c1-12(2)18-11-13-6-8-14(9-7-13)15-4-3-5-16(17)10-15/h3-10,12,18H,11H2,1-2H3. The van der Waals surface area contributed by atoms with Crippen LogP contribution in [0, 0.1) is 0 Å². The Hall–Kier alpha value is -1.31. The van der Waals surface area contributed by atoms with E-state index in [2.05, 4.69) is 49.5 Å². The SMILES string of the molecule is CC(C)NCc1ccc(-c2cccc(Cl)c2)cc1. The molecule has 0 saturated carbocycles. The summed E-state index contributed by atoms with van der Waals surface area (Å²) in [7, 11) is 0. The van der Waals surface area contributed by atoms with Gasteiger partial charge >= 0.3 is 0 Å². The maximum absolute atomic E-state index is 6.00. The molecule has 0 aliphatic heterocycles. The van der Waals surface area contributed by atoms with Crippen molar-refractivity contribution in [2.45, 2.75) is 26.4 Å². The fourth-order valence-corrected chi connectivity index (χ4v) is 2.00. The summed E-state index contributed by atoms with van der Waals surface area (Å²) in [6, 6.07) is 17.1. The Bertz CT molecular complexity index is 503. The summed E-state index contributed by atoms with van der Waals surface area (Å²) in [6.45, 7) is 5.22. The van der Waals surface area contributed by atoms with Gasteiger partial charge in [0, 0.05) is 17.6 Å². The van der Waals surface area contributed by atoms with Crippen LogP contribution in [0.25, 0.3) is 11.1 Å². The van der Waals surface area contributed by atoms with Gasteiger partial charge in [0.15, 0.2) is 0 Å². The predicted molar refractivity (Wildman–Crippen MR) is 78.9 cm³/mol. The van der Waals surface area contributed by atoms with Crippen molar-refractivity contribution in [3.63, 3.8) is 0 Å². The lowest BCUT2D eigenvalue weighted by molar-refractivity contribution is 0.589. The maximum Gasteiger partial charge on any atom is 0.0412 e. The summed E-state index contributed by atoms with van der Waals surface area (Å²) in [4.78, 5) is 0. The number of nitrogens with one attached hydrogen (secondary N) is 1. The molecule has 2 aromatic carbocycles. The highest BCUT2D eigenvalue weighted by Gasteiger charge is 1.99. The monoisotopic (exact) mass is 259 g/mol. The lowest BCUT2D eigenvalue weighted by Crippen LogP contribution is -2.21. The van der Waals surface area contributed by atoms with Crippen molar-refractivity contribution < 1.29 is 0 Å². The molecule has 0 aliphatic carbocycles. The van der Waals surface area contributed by atoms with Gasteiger partial charge in [-0.3, -0.25) is 0 Å². The number of rotatable bonds is 4. The molecule has 0 bridgehead atoms. The first-order valence-corrected chi connectivity index (χ1v) is 6.61. The van der Waals surface area contributed by atoms with E-state index in [1.54, 1.807) is 0 Å². The van der Waals surface area contributed by atoms with Gasteiger partial charge in [-0.1, -0.05) is 61.8 Å². The third-order valence-corrected chi connectivity index (χ3v) is 3.06. The highest BCUT2D eigenvalue weighted by Crippen LogP contribution is 2.22. The Morgan fingerprint density at radius 2 is 1.72 bits per heavy atom. The van der Waals surface area contributed by atoms with Crippen molar-refractivity contribution in [1.82, 2.24) is 5.32 Å². The van der Waals surface area contributed by atoms with Crippen LogP contribution in [0.5, 0.6) is 0 Å². The highest BCUT2D eigenvalue weighted by molar-refractivity contribution is 6.30. The van der Waals surface area contributed by atoms with E-state index in [1.165, 1.54) is 11.1 Å². The van der Waals surface area contributed by atoms with Crippen LogP contribution in [0.3, 0.4) is 0 Å². The Balaban J connectivity index is 2.12. The zero-order chi connectivity index (χ0) is 13.0. The number of halogens is 1. The Labute approximate surface area is 114 Å². The zero-order valence-electron chi connectivity index (χ0n) is 10.8. The smallest absolute Gasteiger partial charge is 0.0412 e. The molecule has 1 nitrogen and oxygen atoms in total. The third-order valence-electron chi connectivity index (χ3n) is 2.83. The van der Waals surface area contributed by atoms with Gasteiger partial charge in [0.05, 0.1) is 0 Å². The quantitative estimate of drug-likeness (QED) is 0.852. The second kappa shape index (κ2) is 6.03. The second-order valence-electron chi connectivity index (χ2n) is 4.74. The van der Waals surface area contributed by atoms with E-state index < -0.39 is 0 Å². The van der Waals surface area contributed by atoms with Crippen LogP contribution in [0.15, 0.2) is 48.5 Å². The minimum atomic E-state index is 0.512. The molecule has 0 atom stereocenters. The van der Waals surface area contributed by atoms with Crippen molar-refractivity contribution in [2.24, 2.45) is 0 Å². The third kappa shape index (κ3) is 3.59.